The highest BCUT2D eigenvalue weighted by Crippen LogP contribution is 2.21. The number of benzene rings is 1. The molecule has 1 rings (SSSR count). The van der Waals surface area contributed by atoms with Crippen LogP contribution in [0.25, 0.3) is 0 Å². The average Bonchev–Trinajstić information content (AvgIpc) is 2.26. The van der Waals surface area contributed by atoms with Crippen LogP contribution in [0.15, 0.2) is 18.2 Å². The Kier molecular flexibility index (Phi) is 4.43. The van der Waals surface area contributed by atoms with Crippen molar-refractivity contribution in [2.45, 2.75) is 20.3 Å². The molecule has 0 unspecified atom stereocenters. The molecule has 0 heterocycles. The number of rotatable bonds is 4. The molecule has 0 fully saturated rings. The van der Waals surface area contributed by atoms with Crippen LogP contribution in [0.3, 0.4) is 0 Å². The fourth-order valence-corrected chi connectivity index (χ4v) is 1.29. The molecule has 0 bridgehead atoms. The van der Waals surface area contributed by atoms with Crippen molar-refractivity contribution >= 4 is 6.29 Å². The fraction of sp³-hybridized carbons (Fsp3) is 0.308. The molecule has 0 saturated heterocycles. The van der Waals surface area contributed by atoms with Gasteiger partial charge >= 0.3 is 0 Å². The maximum absolute atomic E-state index is 10.8. The normalized spacial score (nSPS) is 8.93. The third-order valence-corrected chi connectivity index (χ3v) is 2.02. The van der Waals surface area contributed by atoms with Crippen molar-refractivity contribution in [1.82, 2.24) is 0 Å². The average molecular weight is 202 g/mol. The second kappa shape index (κ2) is 5.87. The molecule has 78 valence electrons. The standard InChI is InChI=1S/C13H14O2/c1-3-4-5-9-15-13-11(2)7-6-8-12(13)10-14/h6-8,10H,5,9H2,1-2H3. The maximum Gasteiger partial charge on any atom is 0.153 e. The van der Waals surface area contributed by atoms with Crippen molar-refractivity contribution in [3.63, 3.8) is 0 Å². The van der Waals surface area contributed by atoms with E-state index in [1.165, 1.54) is 0 Å². The lowest BCUT2D eigenvalue weighted by Gasteiger charge is -2.09. The van der Waals surface area contributed by atoms with Crippen LogP contribution < -0.4 is 4.74 Å². The highest BCUT2D eigenvalue weighted by atomic mass is 16.5. The van der Waals surface area contributed by atoms with E-state index < -0.39 is 0 Å². The minimum Gasteiger partial charge on any atom is -0.492 e. The number of hydrogen-bond donors (Lipinski definition) is 0. The molecular weight excluding hydrogens is 188 g/mol. The number of aryl methyl sites for hydroxylation is 1. The van der Waals surface area contributed by atoms with Crippen molar-refractivity contribution in [3.8, 4) is 17.6 Å². The van der Waals surface area contributed by atoms with Gasteiger partial charge in [0, 0.05) is 6.42 Å². The number of carbonyl (C=O) groups excluding carboxylic acids is 1. The number of para-hydroxylation sites is 1. The van der Waals surface area contributed by atoms with Gasteiger partial charge in [-0.15, -0.1) is 11.8 Å². The summed E-state index contributed by atoms with van der Waals surface area (Å²) in [6.07, 6.45) is 1.50. The zero-order valence-electron chi connectivity index (χ0n) is 9.04. The Morgan fingerprint density at radius 1 is 1.47 bits per heavy atom. The van der Waals surface area contributed by atoms with Gasteiger partial charge < -0.3 is 4.74 Å². The van der Waals surface area contributed by atoms with E-state index in [1.54, 1.807) is 13.0 Å². The van der Waals surface area contributed by atoms with Gasteiger partial charge in [0.2, 0.25) is 0 Å². The molecule has 0 aliphatic rings. The monoisotopic (exact) mass is 202 g/mol. The summed E-state index contributed by atoms with van der Waals surface area (Å²) in [7, 11) is 0. The molecule has 2 heteroatoms. The molecule has 0 atom stereocenters. The van der Waals surface area contributed by atoms with E-state index in [-0.39, 0.29) is 0 Å². The van der Waals surface area contributed by atoms with Crippen molar-refractivity contribution < 1.29 is 9.53 Å². The SMILES string of the molecule is CC#CCCOc1c(C)cccc1C=O. The van der Waals surface area contributed by atoms with E-state index in [4.69, 9.17) is 4.74 Å². The first kappa shape index (κ1) is 11.3. The van der Waals surface area contributed by atoms with E-state index in [9.17, 15) is 4.79 Å². The minimum absolute atomic E-state index is 0.520. The zero-order valence-corrected chi connectivity index (χ0v) is 9.04. The highest BCUT2D eigenvalue weighted by molar-refractivity contribution is 5.80. The van der Waals surface area contributed by atoms with Gasteiger partial charge in [-0.2, -0.15) is 0 Å². The Labute approximate surface area is 90.3 Å². The van der Waals surface area contributed by atoms with Crippen LogP contribution in [0, 0.1) is 18.8 Å². The fourth-order valence-electron chi connectivity index (χ4n) is 1.29. The maximum atomic E-state index is 10.8. The highest BCUT2D eigenvalue weighted by Gasteiger charge is 2.04. The molecule has 0 saturated carbocycles. The van der Waals surface area contributed by atoms with Crippen molar-refractivity contribution in [2.24, 2.45) is 0 Å². The molecule has 0 spiro atoms. The van der Waals surface area contributed by atoms with Crippen LogP contribution in [0.1, 0.15) is 29.3 Å². The van der Waals surface area contributed by atoms with Crippen molar-refractivity contribution in [1.29, 1.82) is 0 Å². The van der Waals surface area contributed by atoms with Gasteiger partial charge in [0.15, 0.2) is 6.29 Å². The summed E-state index contributed by atoms with van der Waals surface area (Å²) in [4.78, 5) is 10.8. The molecular formula is C13H14O2. The van der Waals surface area contributed by atoms with Crippen molar-refractivity contribution in [2.75, 3.05) is 6.61 Å². The molecule has 2 nitrogen and oxygen atoms in total. The van der Waals surface area contributed by atoms with Gasteiger partial charge in [0.25, 0.3) is 0 Å². The second-order valence-corrected chi connectivity index (χ2v) is 3.14. The third-order valence-electron chi connectivity index (χ3n) is 2.02. The predicted octanol–water partition coefficient (Wildman–Crippen LogP) is 2.60. The van der Waals surface area contributed by atoms with E-state index in [2.05, 4.69) is 11.8 Å². The Bertz CT molecular complexity index is 397. The van der Waals surface area contributed by atoms with Crippen LogP contribution in [-0.4, -0.2) is 12.9 Å². The molecule has 15 heavy (non-hydrogen) atoms. The summed E-state index contributed by atoms with van der Waals surface area (Å²) in [6, 6.07) is 5.52. The first-order valence-electron chi connectivity index (χ1n) is 4.86. The molecule has 0 amide bonds. The molecule has 0 radical (unpaired) electrons. The summed E-state index contributed by atoms with van der Waals surface area (Å²) < 4.78 is 5.53. The van der Waals surface area contributed by atoms with E-state index in [0.717, 1.165) is 11.8 Å². The topological polar surface area (TPSA) is 26.3 Å². The van der Waals surface area contributed by atoms with Crippen LogP contribution >= 0.6 is 0 Å². The van der Waals surface area contributed by atoms with Gasteiger partial charge in [0.05, 0.1) is 12.2 Å². The number of ether oxygens (including phenoxy) is 1. The van der Waals surface area contributed by atoms with Crippen molar-refractivity contribution in [3.05, 3.63) is 29.3 Å². The summed E-state index contributed by atoms with van der Waals surface area (Å²) >= 11 is 0. The number of hydrogen-bond acceptors (Lipinski definition) is 2. The largest absolute Gasteiger partial charge is 0.492 e. The van der Waals surface area contributed by atoms with Gasteiger partial charge in [0.1, 0.15) is 5.75 Å². The molecule has 0 aliphatic carbocycles. The predicted molar refractivity (Wildman–Crippen MR) is 60.1 cm³/mol. The molecule has 1 aromatic carbocycles. The van der Waals surface area contributed by atoms with E-state index >= 15 is 0 Å². The van der Waals surface area contributed by atoms with Gasteiger partial charge in [-0.25, -0.2) is 0 Å². The number of aldehydes is 1. The molecule has 1 aromatic rings. The second-order valence-electron chi connectivity index (χ2n) is 3.14. The molecule has 0 N–H and O–H groups in total. The Balaban J connectivity index is 2.73. The van der Waals surface area contributed by atoms with E-state index in [0.29, 0.717) is 24.3 Å². The Morgan fingerprint density at radius 2 is 2.27 bits per heavy atom. The summed E-state index contributed by atoms with van der Waals surface area (Å²) in [5.74, 6) is 6.38. The third kappa shape index (κ3) is 3.14. The van der Waals surface area contributed by atoms with Crippen LogP contribution in [-0.2, 0) is 0 Å². The van der Waals surface area contributed by atoms with Gasteiger partial charge in [-0.1, -0.05) is 12.1 Å². The lowest BCUT2D eigenvalue weighted by atomic mass is 10.1. The van der Waals surface area contributed by atoms with Crippen LogP contribution in [0.5, 0.6) is 5.75 Å². The number of carbonyl (C=O) groups is 1. The molecule has 0 aromatic heterocycles. The van der Waals surface area contributed by atoms with Crippen LogP contribution in [0.4, 0.5) is 0 Å². The first-order chi connectivity index (χ1) is 7.29. The lowest BCUT2D eigenvalue weighted by molar-refractivity contribution is 0.111. The zero-order chi connectivity index (χ0) is 11.1. The Hall–Kier alpha value is -1.75. The van der Waals surface area contributed by atoms with Gasteiger partial charge in [-0.05, 0) is 25.5 Å². The quantitative estimate of drug-likeness (QED) is 0.426. The summed E-state index contributed by atoms with van der Waals surface area (Å²) in [5.41, 5.74) is 1.57. The minimum atomic E-state index is 0.520. The van der Waals surface area contributed by atoms with Gasteiger partial charge in [-0.3, -0.25) is 4.79 Å². The summed E-state index contributed by atoms with van der Waals surface area (Å²) in [6.45, 7) is 4.24. The van der Waals surface area contributed by atoms with Crippen LogP contribution in [0.2, 0.25) is 0 Å². The smallest absolute Gasteiger partial charge is 0.153 e. The van der Waals surface area contributed by atoms with E-state index in [1.807, 2.05) is 19.1 Å². The first-order valence-corrected chi connectivity index (χ1v) is 4.86. The summed E-state index contributed by atoms with van der Waals surface area (Å²) in [5, 5.41) is 0. The molecule has 0 aliphatic heterocycles. The Morgan fingerprint density at radius 3 is 2.93 bits per heavy atom. The lowest BCUT2D eigenvalue weighted by Crippen LogP contribution is -2.00.